The molecule has 0 spiro atoms. The van der Waals surface area contributed by atoms with E-state index in [1.807, 2.05) is 37.3 Å². The molecule has 1 aliphatic rings. The van der Waals surface area contributed by atoms with Crippen LogP contribution in [0.2, 0.25) is 0 Å². The highest BCUT2D eigenvalue weighted by molar-refractivity contribution is 6.04. The van der Waals surface area contributed by atoms with Crippen molar-refractivity contribution in [3.63, 3.8) is 0 Å². The first-order valence-corrected chi connectivity index (χ1v) is 9.96. The second-order valence-corrected chi connectivity index (χ2v) is 7.39. The fraction of sp³-hybridized carbons (Fsp3) is 0.304. The van der Waals surface area contributed by atoms with Crippen LogP contribution in [0.25, 0.3) is 10.9 Å². The second kappa shape index (κ2) is 8.49. The summed E-state index contributed by atoms with van der Waals surface area (Å²) in [6.07, 6.45) is 2.30. The fourth-order valence-corrected chi connectivity index (χ4v) is 3.81. The molecule has 4 rings (SSSR count). The van der Waals surface area contributed by atoms with E-state index in [4.69, 9.17) is 4.74 Å². The van der Waals surface area contributed by atoms with Gasteiger partial charge >= 0.3 is 0 Å². The molecular weight excluding hydrogens is 366 g/mol. The van der Waals surface area contributed by atoms with E-state index in [0.717, 1.165) is 41.6 Å². The van der Waals surface area contributed by atoms with E-state index in [-0.39, 0.29) is 24.3 Å². The van der Waals surface area contributed by atoms with Crippen LogP contribution in [0.1, 0.15) is 34.5 Å². The number of carbonyl (C=O) groups is 2. The quantitative estimate of drug-likeness (QED) is 0.601. The molecule has 2 aromatic carbocycles. The molecule has 1 fully saturated rings. The van der Waals surface area contributed by atoms with Gasteiger partial charge in [0.05, 0.1) is 23.8 Å². The topological polar surface area (TPSA) is 83.2 Å². The normalized spacial score (nSPS) is 16.1. The van der Waals surface area contributed by atoms with Crippen LogP contribution in [-0.2, 0) is 16.0 Å². The van der Waals surface area contributed by atoms with Gasteiger partial charge in [-0.3, -0.25) is 9.59 Å². The zero-order valence-corrected chi connectivity index (χ0v) is 16.5. The van der Waals surface area contributed by atoms with E-state index in [1.54, 1.807) is 18.2 Å². The van der Waals surface area contributed by atoms with Gasteiger partial charge in [-0.25, -0.2) is 0 Å². The van der Waals surface area contributed by atoms with Crippen LogP contribution >= 0.6 is 0 Å². The minimum atomic E-state index is -0.209. The van der Waals surface area contributed by atoms with Crippen LogP contribution in [0.3, 0.4) is 0 Å². The Morgan fingerprint density at radius 1 is 1.14 bits per heavy atom. The Hall–Kier alpha value is -3.12. The number of fused-ring (bicyclic) bond motifs is 1. The Bertz CT molecular complexity index is 1030. The summed E-state index contributed by atoms with van der Waals surface area (Å²) in [5.41, 5.74) is 3.93. The zero-order valence-electron chi connectivity index (χ0n) is 16.5. The molecule has 3 aromatic rings. The van der Waals surface area contributed by atoms with Gasteiger partial charge < -0.3 is 20.4 Å². The van der Waals surface area contributed by atoms with Crippen molar-refractivity contribution >= 4 is 28.4 Å². The maximum Gasteiger partial charge on any atom is 0.253 e. The van der Waals surface area contributed by atoms with E-state index in [9.17, 15) is 9.59 Å². The van der Waals surface area contributed by atoms with E-state index in [1.165, 1.54) is 0 Å². The summed E-state index contributed by atoms with van der Waals surface area (Å²) in [6, 6.07) is 15.0. The van der Waals surface area contributed by atoms with Gasteiger partial charge in [0.25, 0.3) is 5.91 Å². The van der Waals surface area contributed by atoms with E-state index < -0.39 is 0 Å². The number of amides is 2. The van der Waals surface area contributed by atoms with Crippen molar-refractivity contribution in [3.8, 4) is 0 Å². The highest BCUT2D eigenvalue weighted by atomic mass is 16.5. The van der Waals surface area contributed by atoms with Gasteiger partial charge in [0.1, 0.15) is 0 Å². The van der Waals surface area contributed by atoms with Crippen molar-refractivity contribution in [1.29, 1.82) is 0 Å². The smallest absolute Gasteiger partial charge is 0.253 e. The predicted molar refractivity (Wildman–Crippen MR) is 113 cm³/mol. The summed E-state index contributed by atoms with van der Waals surface area (Å²) < 4.78 is 5.55. The molecular formula is C23H25N3O3. The predicted octanol–water partition coefficient (Wildman–Crippen LogP) is 3.57. The molecule has 1 atom stereocenters. The molecule has 29 heavy (non-hydrogen) atoms. The lowest BCUT2D eigenvalue weighted by Crippen LogP contribution is -2.32. The molecule has 1 aliphatic heterocycles. The van der Waals surface area contributed by atoms with Crippen molar-refractivity contribution in [2.45, 2.75) is 32.3 Å². The second-order valence-electron chi connectivity index (χ2n) is 7.39. The number of aryl methyl sites for hydroxylation is 1. The van der Waals surface area contributed by atoms with Crippen LogP contribution in [0.4, 0.5) is 5.69 Å². The average Bonchev–Trinajstić information content (AvgIpc) is 3.35. The molecule has 2 amide bonds. The summed E-state index contributed by atoms with van der Waals surface area (Å²) >= 11 is 0. The Morgan fingerprint density at radius 2 is 1.93 bits per heavy atom. The van der Waals surface area contributed by atoms with Crippen molar-refractivity contribution in [2.75, 3.05) is 18.5 Å². The van der Waals surface area contributed by atoms with Gasteiger partial charge in [0, 0.05) is 29.7 Å². The number of benzene rings is 2. The zero-order chi connectivity index (χ0) is 20.2. The number of carbonyl (C=O) groups excluding carboxylic acids is 2. The summed E-state index contributed by atoms with van der Waals surface area (Å²) in [7, 11) is 0. The molecule has 0 bridgehead atoms. The van der Waals surface area contributed by atoms with Gasteiger partial charge in [-0.2, -0.15) is 0 Å². The monoisotopic (exact) mass is 391 g/mol. The molecule has 6 nitrogen and oxygen atoms in total. The van der Waals surface area contributed by atoms with Crippen molar-refractivity contribution in [3.05, 3.63) is 65.4 Å². The van der Waals surface area contributed by atoms with Gasteiger partial charge in [0.15, 0.2) is 0 Å². The summed E-state index contributed by atoms with van der Waals surface area (Å²) in [4.78, 5) is 28.7. The molecule has 1 saturated heterocycles. The molecule has 1 aromatic heterocycles. The van der Waals surface area contributed by atoms with Crippen molar-refractivity contribution in [2.24, 2.45) is 0 Å². The Kier molecular flexibility index (Phi) is 5.62. The van der Waals surface area contributed by atoms with Gasteiger partial charge in [-0.15, -0.1) is 0 Å². The highest BCUT2D eigenvalue weighted by Gasteiger charge is 2.19. The number of hydrogen-bond acceptors (Lipinski definition) is 3. The largest absolute Gasteiger partial charge is 0.376 e. The minimum Gasteiger partial charge on any atom is -0.376 e. The van der Waals surface area contributed by atoms with Gasteiger partial charge in [-0.1, -0.05) is 30.3 Å². The van der Waals surface area contributed by atoms with Crippen LogP contribution in [0.5, 0.6) is 0 Å². The maximum atomic E-state index is 12.7. The molecule has 6 heteroatoms. The summed E-state index contributed by atoms with van der Waals surface area (Å²) in [5, 5.41) is 6.86. The lowest BCUT2D eigenvalue weighted by Gasteiger charge is -2.14. The number of H-pyrrole nitrogens is 1. The summed E-state index contributed by atoms with van der Waals surface area (Å²) in [6.45, 7) is 3.20. The number of hydrogen-bond donors (Lipinski definition) is 3. The summed E-state index contributed by atoms with van der Waals surface area (Å²) in [5.74, 6) is -0.364. The lowest BCUT2D eigenvalue weighted by atomic mass is 10.1. The van der Waals surface area contributed by atoms with E-state index in [2.05, 4.69) is 15.6 Å². The van der Waals surface area contributed by atoms with Crippen molar-refractivity contribution < 1.29 is 14.3 Å². The number of aromatic nitrogens is 1. The van der Waals surface area contributed by atoms with E-state index >= 15 is 0 Å². The standard InChI is InChI=1S/C23H25N3O3/c1-15-19(17-8-2-4-10-20(17)25-15)13-22(27)26-21-11-5-3-9-18(21)23(28)24-14-16-7-6-12-29-16/h2-5,8-11,16,25H,6-7,12-14H2,1H3,(H,24,28)(H,26,27). The molecule has 3 N–H and O–H groups in total. The molecule has 2 heterocycles. The van der Waals surface area contributed by atoms with Gasteiger partial charge in [0.2, 0.25) is 5.91 Å². The Morgan fingerprint density at radius 3 is 2.76 bits per heavy atom. The number of rotatable bonds is 6. The third-order valence-electron chi connectivity index (χ3n) is 5.32. The van der Waals surface area contributed by atoms with Crippen molar-refractivity contribution in [1.82, 2.24) is 10.3 Å². The molecule has 1 unspecified atom stereocenters. The Balaban J connectivity index is 1.45. The molecule has 150 valence electrons. The average molecular weight is 391 g/mol. The van der Waals surface area contributed by atoms with Gasteiger partial charge in [-0.05, 0) is 43.5 Å². The first-order valence-electron chi connectivity index (χ1n) is 9.96. The number of aromatic amines is 1. The number of nitrogens with one attached hydrogen (secondary N) is 3. The number of para-hydroxylation sites is 2. The first kappa shape index (κ1) is 19.2. The Labute approximate surface area is 169 Å². The molecule has 0 aliphatic carbocycles. The molecule has 0 radical (unpaired) electrons. The van der Waals surface area contributed by atoms with Crippen LogP contribution < -0.4 is 10.6 Å². The third kappa shape index (κ3) is 4.32. The van der Waals surface area contributed by atoms with E-state index in [0.29, 0.717) is 17.8 Å². The third-order valence-corrected chi connectivity index (χ3v) is 5.32. The maximum absolute atomic E-state index is 12.7. The van der Waals surface area contributed by atoms with Crippen LogP contribution in [0.15, 0.2) is 48.5 Å². The lowest BCUT2D eigenvalue weighted by molar-refractivity contribution is -0.115. The fourth-order valence-electron chi connectivity index (χ4n) is 3.81. The van der Waals surface area contributed by atoms with Crippen LogP contribution in [-0.4, -0.2) is 36.1 Å². The first-order chi connectivity index (χ1) is 14.1. The highest BCUT2D eigenvalue weighted by Crippen LogP contribution is 2.23. The number of ether oxygens (including phenoxy) is 1. The number of anilines is 1. The minimum absolute atomic E-state index is 0.0746. The van der Waals surface area contributed by atoms with Crippen LogP contribution in [0, 0.1) is 6.92 Å². The molecule has 0 saturated carbocycles. The SMILES string of the molecule is Cc1[nH]c2ccccc2c1CC(=O)Nc1ccccc1C(=O)NCC1CCCO1.